The minimum absolute atomic E-state index is 0.0477. The smallest absolute Gasteiger partial charge is 0.321 e. The van der Waals surface area contributed by atoms with Gasteiger partial charge in [-0.1, -0.05) is 32.9 Å². The monoisotopic (exact) mass is 353 g/mol. The summed E-state index contributed by atoms with van der Waals surface area (Å²) < 4.78 is 21.0. The van der Waals surface area contributed by atoms with Crippen LogP contribution in [0.5, 0.6) is 11.8 Å². The first-order chi connectivity index (χ1) is 12.3. The van der Waals surface area contributed by atoms with Gasteiger partial charge in [-0.05, 0) is 23.5 Å². The fourth-order valence-corrected chi connectivity index (χ4v) is 2.55. The van der Waals surface area contributed by atoms with Crippen LogP contribution in [0, 0.1) is 11.2 Å². The van der Waals surface area contributed by atoms with Crippen LogP contribution in [-0.2, 0) is 6.42 Å². The third kappa shape index (κ3) is 4.11. The molecule has 0 radical (unpaired) electrons. The normalized spacial score (nSPS) is 11.4. The maximum atomic E-state index is 15.3. The molecule has 0 atom stereocenters. The van der Waals surface area contributed by atoms with Gasteiger partial charge in [0.25, 0.3) is 0 Å². The molecule has 0 aliphatic carbocycles. The molecule has 0 bridgehead atoms. The van der Waals surface area contributed by atoms with Crippen LogP contribution in [0.1, 0.15) is 26.3 Å². The molecule has 6 nitrogen and oxygen atoms in total. The minimum atomic E-state index is -0.507. The molecular formula is C19H20FN5O. The maximum absolute atomic E-state index is 15.3. The average molecular weight is 353 g/mol. The van der Waals surface area contributed by atoms with E-state index < -0.39 is 5.82 Å². The van der Waals surface area contributed by atoms with Crippen molar-refractivity contribution in [3.63, 3.8) is 0 Å². The second-order valence-corrected chi connectivity index (χ2v) is 7.12. The Labute approximate surface area is 151 Å². The number of hydrogen-bond donors (Lipinski definition) is 1. The highest BCUT2D eigenvalue weighted by atomic mass is 19.1. The highest BCUT2D eigenvalue weighted by Crippen LogP contribution is 2.36. The van der Waals surface area contributed by atoms with Crippen molar-refractivity contribution in [2.75, 3.05) is 5.73 Å². The van der Waals surface area contributed by atoms with Gasteiger partial charge in [0.15, 0.2) is 11.6 Å². The van der Waals surface area contributed by atoms with Gasteiger partial charge < -0.3 is 10.5 Å². The summed E-state index contributed by atoms with van der Waals surface area (Å²) in [5.74, 6) is -0.263. The van der Waals surface area contributed by atoms with E-state index in [0.717, 1.165) is 5.56 Å². The molecule has 0 aliphatic rings. The van der Waals surface area contributed by atoms with Crippen molar-refractivity contribution in [2.24, 2.45) is 5.41 Å². The Morgan fingerprint density at radius 1 is 1.04 bits per heavy atom. The van der Waals surface area contributed by atoms with Crippen LogP contribution in [0.25, 0.3) is 11.1 Å². The predicted octanol–water partition coefficient (Wildman–Crippen LogP) is 4.04. The van der Waals surface area contributed by atoms with E-state index in [9.17, 15) is 0 Å². The molecule has 0 aliphatic heterocycles. The van der Waals surface area contributed by atoms with Crippen molar-refractivity contribution in [3.8, 4) is 22.9 Å². The maximum Gasteiger partial charge on any atom is 0.321 e. The number of halogens is 1. The van der Waals surface area contributed by atoms with Crippen molar-refractivity contribution in [3.05, 3.63) is 54.4 Å². The Hall–Kier alpha value is -3.09. The zero-order valence-corrected chi connectivity index (χ0v) is 14.9. The van der Waals surface area contributed by atoms with Crippen LogP contribution < -0.4 is 10.5 Å². The molecule has 0 unspecified atom stereocenters. The molecule has 3 rings (SSSR count). The summed E-state index contributed by atoms with van der Waals surface area (Å²) in [6.45, 7) is 6.24. The van der Waals surface area contributed by atoms with Gasteiger partial charge in [0.05, 0.1) is 0 Å². The molecule has 2 aromatic heterocycles. The molecule has 0 spiro atoms. The molecule has 1 aromatic carbocycles. The lowest BCUT2D eigenvalue weighted by Crippen LogP contribution is -2.11. The van der Waals surface area contributed by atoms with E-state index in [0.29, 0.717) is 17.5 Å². The molecular weight excluding hydrogens is 333 g/mol. The highest BCUT2D eigenvalue weighted by Gasteiger charge is 2.22. The number of benzene rings is 1. The van der Waals surface area contributed by atoms with Gasteiger partial charge in [-0.2, -0.15) is 0 Å². The van der Waals surface area contributed by atoms with Crippen LogP contribution in [0.2, 0.25) is 0 Å². The summed E-state index contributed by atoms with van der Waals surface area (Å²) in [5, 5.41) is 0. The van der Waals surface area contributed by atoms with Crippen LogP contribution in [-0.4, -0.2) is 19.9 Å². The Morgan fingerprint density at radius 3 is 2.31 bits per heavy atom. The number of rotatable bonds is 4. The number of aromatic nitrogens is 4. The summed E-state index contributed by atoms with van der Waals surface area (Å²) in [5.41, 5.74) is 7.04. The number of nitrogen functional groups attached to an aromatic ring is 1. The topological polar surface area (TPSA) is 86.8 Å². The minimum Gasteiger partial charge on any atom is -0.421 e. The third-order valence-corrected chi connectivity index (χ3v) is 3.62. The average Bonchev–Trinajstić information content (AvgIpc) is 2.59. The molecule has 0 saturated heterocycles. The molecule has 2 N–H and O–H groups in total. The van der Waals surface area contributed by atoms with Gasteiger partial charge >= 0.3 is 6.01 Å². The SMILES string of the molecule is CC(C)(C)Cc1ccc(-c2cnc(N)nc2)c(F)c1Oc1ncccn1. The fourth-order valence-electron chi connectivity index (χ4n) is 2.55. The lowest BCUT2D eigenvalue weighted by Gasteiger charge is -2.21. The fraction of sp³-hybridized carbons (Fsp3) is 0.263. The first-order valence-corrected chi connectivity index (χ1v) is 8.17. The Kier molecular flexibility index (Phi) is 4.79. The van der Waals surface area contributed by atoms with Crippen molar-refractivity contribution < 1.29 is 9.13 Å². The zero-order valence-electron chi connectivity index (χ0n) is 14.9. The number of ether oxygens (including phenoxy) is 1. The standard InChI is InChI=1S/C19H20FN5O/c1-19(2,3)9-12-5-6-14(13-10-24-17(21)25-11-13)15(20)16(12)26-18-22-7-4-8-23-18/h4-8,10-11H,9H2,1-3H3,(H2,21,24,25). The van der Waals surface area contributed by atoms with Gasteiger partial charge in [-0.3, -0.25) is 0 Å². The Morgan fingerprint density at radius 2 is 1.69 bits per heavy atom. The van der Waals surface area contributed by atoms with E-state index in [-0.39, 0.29) is 23.1 Å². The second kappa shape index (κ2) is 7.03. The van der Waals surface area contributed by atoms with Crippen molar-refractivity contribution >= 4 is 5.95 Å². The van der Waals surface area contributed by atoms with Gasteiger partial charge in [0.2, 0.25) is 5.95 Å². The van der Waals surface area contributed by atoms with E-state index in [2.05, 4.69) is 40.7 Å². The van der Waals surface area contributed by atoms with E-state index in [1.165, 1.54) is 12.4 Å². The van der Waals surface area contributed by atoms with Crippen LogP contribution in [0.3, 0.4) is 0 Å². The van der Waals surface area contributed by atoms with E-state index >= 15 is 4.39 Å². The van der Waals surface area contributed by atoms with E-state index in [1.54, 1.807) is 24.5 Å². The largest absolute Gasteiger partial charge is 0.421 e. The summed E-state index contributed by atoms with van der Waals surface area (Å²) in [4.78, 5) is 15.9. The van der Waals surface area contributed by atoms with Crippen molar-refractivity contribution in [1.29, 1.82) is 0 Å². The summed E-state index contributed by atoms with van der Waals surface area (Å²) in [6.07, 6.45) is 6.67. The quantitative estimate of drug-likeness (QED) is 0.762. The first-order valence-electron chi connectivity index (χ1n) is 8.17. The molecule has 134 valence electrons. The van der Waals surface area contributed by atoms with E-state index in [1.807, 2.05) is 6.07 Å². The summed E-state index contributed by atoms with van der Waals surface area (Å²) in [6, 6.07) is 5.30. The number of nitrogens with zero attached hydrogens (tertiary/aromatic N) is 4. The number of anilines is 1. The lowest BCUT2D eigenvalue weighted by atomic mass is 9.87. The molecule has 3 aromatic rings. The zero-order chi connectivity index (χ0) is 18.7. The van der Waals surface area contributed by atoms with Gasteiger partial charge in [0.1, 0.15) is 0 Å². The summed E-state index contributed by atoms with van der Waals surface area (Å²) >= 11 is 0. The third-order valence-electron chi connectivity index (χ3n) is 3.62. The van der Waals surface area contributed by atoms with Crippen LogP contribution >= 0.6 is 0 Å². The molecule has 0 amide bonds. The predicted molar refractivity (Wildman–Crippen MR) is 97.1 cm³/mol. The molecule has 26 heavy (non-hydrogen) atoms. The van der Waals surface area contributed by atoms with Gasteiger partial charge in [0, 0.05) is 35.9 Å². The molecule has 0 fully saturated rings. The second-order valence-electron chi connectivity index (χ2n) is 7.12. The van der Waals surface area contributed by atoms with Crippen LogP contribution in [0.15, 0.2) is 43.0 Å². The number of nitrogens with two attached hydrogens (primary N) is 1. The Balaban J connectivity index is 2.09. The summed E-state index contributed by atoms with van der Waals surface area (Å²) in [7, 11) is 0. The van der Waals surface area contributed by atoms with Crippen molar-refractivity contribution in [2.45, 2.75) is 27.2 Å². The van der Waals surface area contributed by atoms with Gasteiger partial charge in [-0.25, -0.2) is 24.3 Å². The highest BCUT2D eigenvalue weighted by molar-refractivity contribution is 5.66. The Bertz CT molecular complexity index is 892. The molecule has 0 saturated carbocycles. The number of hydrogen-bond acceptors (Lipinski definition) is 6. The van der Waals surface area contributed by atoms with Gasteiger partial charge in [-0.15, -0.1) is 0 Å². The molecule has 7 heteroatoms. The molecule has 2 heterocycles. The van der Waals surface area contributed by atoms with E-state index in [4.69, 9.17) is 10.5 Å². The first kappa shape index (κ1) is 17.7. The van der Waals surface area contributed by atoms with Crippen LogP contribution in [0.4, 0.5) is 10.3 Å². The lowest BCUT2D eigenvalue weighted by molar-refractivity contribution is 0.377. The van der Waals surface area contributed by atoms with Crippen molar-refractivity contribution in [1.82, 2.24) is 19.9 Å².